The molecule has 4 aromatic carbocycles. The summed E-state index contributed by atoms with van der Waals surface area (Å²) in [5.74, 6) is -2.54. The van der Waals surface area contributed by atoms with Crippen LogP contribution < -0.4 is 15.8 Å². The molecule has 0 aliphatic rings. The molecule has 0 radical (unpaired) electrons. The Labute approximate surface area is 240 Å². The Morgan fingerprint density at radius 3 is 2.38 bits per heavy atom. The molecule has 1 heterocycles. The van der Waals surface area contributed by atoms with Gasteiger partial charge in [-0.2, -0.15) is 4.98 Å². The monoisotopic (exact) mass is 567 g/mol. The highest BCUT2D eigenvalue weighted by Gasteiger charge is 2.20. The molecule has 0 saturated heterocycles. The zero-order valence-corrected chi connectivity index (χ0v) is 22.5. The van der Waals surface area contributed by atoms with Crippen molar-refractivity contribution in [3.63, 3.8) is 0 Å². The summed E-state index contributed by atoms with van der Waals surface area (Å²) in [6.07, 6.45) is 3.35. The Morgan fingerprint density at radius 1 is 1.05 bits per heavy atom. The number of aromatic nitrogens is 2. The van der Waals surface area contributed by atoms with Crippen LogP contribution in [0.5, 0.6) is 11.8 Å². The van der Waals surface area contributed by atoms with Crippen molar-refractivity contribution < 1.29 is 23.4 Å². The van der Waals surface area contributed by atoms with E-state index in [-0.39, 0.29) is 33.9 Å². The molecule has 0 fully saturated rings. The number of carboxylic acid groups (broad SMARTS) is 1. The van der Waals surface area contributed by atoms with Gasteiger partial charge in [0.25, 0.3) is 6.01 Å². The van der Waals surface area contributed by atoms with Crippen molar-refractivity contribution in [2.75, 3.05) is 13.1 Å². The van der Waals surface area contributed by atoms with Gasteiger partial charge in [0.15, 0.2) is 5.82 Å². The summed E-state index contributed by atoms with van der Waals surface area (Å²) in [6, 6.07) is 19.8. The summed E-state index contributed by atoms with van der Waals surface area (Å²) in [5, 5.41) is 20.5. The first-order chi connectivity index (χ1) is 20.2. The Hall–Kier alpha value is -5.35. The topological polar surface area (TPSA) is 137 Å². The fraction of sp³-hybridized carbons (Fsp3) is 0.0938. The second-order valence-electron chi connectivity index (χ2n) is 9.51. The highest BCUT2D eigenvalue weighted by atomic mass is 19.1. The molecule has 6 N–H and O–H groups in total. The number of aryl methyl sites for hydroxylation is 1. The number of fused-ring (bicyclic) bond motifs is 1. The number of aromatic amines is 1. The van der Waals surface area contributed by atoms with Crippen molar-refractivity contribution in [2.24, 2.45) is 5.73 Å². The van der Waals surface area contributed by atoms with Crippen molar-refractivity contribution >= 4 is 22.7 Å². The number of aromatic carboxylic acids is 1. The lowest BCUT2D eigenvalue weighted by Crippen LogP contribution is -2.17. The minimum atomic E-state index is -1.11. The molecule has 5 rings (SSSR count). The van der Waals surface area contributed by atoms with E-state index < -0.39 is 17.6 Å². The van der Waals surface area contributed by atoms with Crippen LogP contribution in [0.25, 0.3) is 33.3 Å². The molecule has 1 aromatic heterocycles. The van der Waals surface area contributed by atoms with E-state index in [1.807, 2.05) is 24.3 Å². The normalized spacial score (nSPS) is 11.2. The number of hydrogen-bond donors (Lipinski definition) is 5. The maximum absolute atomic E-state index is 15.6. The molecule has 212 valence electrons. The van der Waals surface area contributed by atoms with Crippen LogP contribution in [0.3, 0.4) is 0 Å². The number of hydrogen-bond acceptors (Lipinski definition) is 6. The van der Waals surface area contributed by atoms with Gasteiger partial charge in [0.1, 0.15) is 17.1 Å². The summed E-state index contributed by atoms with van der Waals surface area (Å²) in [7, 11) is 0. The van der Waals surface area contributed by atoms with Crippen molar-refractivity contribution in [3.8, 4) is 34.0 Å². The van der Waals surface area contributed by atoms with E-state index in [4.69, 9.17) is 15.9 Å². The molecule has 0 unspecified atom stereocenters. The third-order valence-corrected chi connectivity index (χ3v) is 6.66. The highest BCUT2D eigenvalue weighted by Crippen LogP contribution is 2.34. The fourth-order valence-electron chi connectivity index (χ4n) is 4.45. The summed E-state index contributed by atoms with van der Waals surface area (Å²) in [5.41, 5.74) is 8.96. The van der Waals surface area contributed by atoms with E-state index in [1.54, 1.807) is 55.6 Å². The maximum Gasteiger partial charge on any atom is 0.336 e. The van der Waals surface area contributed by atoms with Crippen LogP contribution in [0.15, 0.2) is 85.1 Å². The number of benzene rings is 4. The van der Waals surface area contributed by atoms with Crippen molar-refractivity contribution in [2.45, 2.75) is 6.92 Å². The fourth-order valence-corrected chi connectivity index (χ4v) is 4.45. The first-order valence-corrected chi connectivity index (χ1v) is 13.0. The van der Waals surface area contributed by atoms with Crippen molar-refractivity contribution in [1.29, 1.82) is 5.41 Å². The quantitative estimate of drug-likeness (QED) is 0.0978. The molecule has 0 bridgehead atoms. The van der Waals surface area contributed by atoms with E-state index in [0.717, 1.165) is 22.8 Å². The number of rotatable bonds is 10. The number of carboxylic acids is 1. The maximum atomic E-state index is 15.6. The second-order valence-corrected chi connectivity index (χ2v) is 9.51. The molecule has 8 nitrogen and oxygen atoms in total. The first-order valence-electron chi connectivity index (χ1n) is 13.0. The third kappa shape index (κ3) is 5.89. The minimum absolute atomic E-state index is 0.0609. The molecule has 0 aliphatic heterocycles. The summed E-state index contributed by atoms with van der Waals surface area (Å²) >= 11 is 0. The van der Waals surface area contributed by atoms with Gasteiger partial charge < -0.3 is 31.3 Å². The number of carbonyl (C=O) groups is 1. The molecule has 0 spiro atoms. The van der Waals surface area contributed by atoms with Crippen LogP contribution >= 0.6 is 0 Å². The summed E-state index contributed by atoms with van der Waals surface area (Å²) < 4.78 is 36.3. The number of nitrogens with two attached hydrogens (primary N) is 1. The van der Waals surface area contributed by atoms with Crippen LogP contribution in [-0.4, -0.2) is 39.8 Å². The summed E-state index contributed by atoms with van der Waals surface area (Å²) in [6.45, 7) is 2.79. The zero-order chi connectivity index (χ0) is 29.8. The van der Waals surface area contributed by atoms with Gasteiger partial charge in [0.2, 0.25) is 0 Å². The van der Waals surface area contributed by atoms with Gasteiger partial charge in [0.05, 0.1) is 22.4 Å². The zero-order valence-electron chi connectivity index (χ0n) is 22.5. The molecule has 0 aliphatic carbocycles. The van der Waals surface area contributed by atoms with E-state index in [1.165, 1.54) is 6.07 Å². The highest BCUT2D eigenvalue weighted by molar-refractivity contribution is 6.06. The largest absolute Gasteiger partial charge is 0.478 e. The molecular weight excluding hydrogens is 540 g/mol. The summed E-state index contributed by atoms with van der Waals surface area (Å²) in [4.78, 5) is 18.3. The Morgan fingerprint density at radius 2 is 1.71 bits per heavy atom. The predicted molar refractivity (Wildman–Crippen MR) is 158 cm³/mol. The van der Waals surface area contributed by atoms with Gasteiger partial charge in [-0.15, -0.1) is 0 Å². The Balaban J connectivity index is 1.37. The van der Waals surface area contributed by atoms with E-state index >= 15 is 8.78 Å². The Kier molecular flexibility index (Phi) is 8.07. The molecule has 0 amide bonds. The average molecular weight is 568 g/mol. The van der Waals surface area contributed by atoms with E-state index in [0.29, 0.717) is 29.9 Å². The SMILES string of the molecule is Cc1ccc(Oc2nc3c(F)c(-c4ccc(-c5ccc(C(=N)/C=C\NCCN)cc5)cc4)c(F)cc3[nH]2)cc1C(=O)O. The number of halogens is 2. The molecular formula is C32H27F2N5O3. The lowest BCUT2D eigenvalue weighted by Gasteiger charge is -2.08. The van der Waals surface area contributed by atoms with E-state index in [9.17, 15) is 9.90 Å². The number of nitrogens with one attached hydrogen (secondary N) is 3. The number of nitrogens with zero attached hydrogens (tertiary/aromatic N) is 1. The number of allylic oxidation sites excluding steroid dienone is 1. The van der Waals surface area contributed by atoms with Gasteiger partial charge in [0, 0.05) is 19.2 Å². The molecule has 0 saturated carbocycles. The van der Waals surface area contributed by atoms with Crippen LogP contribution in [0.4, 0.5) is 8.78 Å². The molecule has 0 atom stereocenters. The molecule has 5 aromatic rings. The van der Waals surface area contributed by atoms with Crippen LogP contribution in [0.1, 0.15) is 21.5 Å². The van der Waals surface area contributed by atoms with Crippen LogP contribution in [-0.2, 0) is 0 Å². The number of imidazole rings is 1. The first kappa shape index (κ1) is 28.2. The van der Waals surface area contributed by atoms with Gasteiger partial charge in [-0.3, -0.25) is 0 Å². The molecule has 42 heavy (non-hydrogen) atoms. The number of ether oxygens (including phenoxy) is 1. The van der Waals surface area contributed by atoms with Gasteiger partial charge >= 0.3 is 5.97 Å². The molecule has 10 heteroatoms. The lowest BCUT2D eigenvalue weighted by atomic mass is 9.98. The Bertz CT molecular complexity index is 1810. The average Bonchev–Trinajstić information content (AvgIpc) is 3.39. The van der Waals surface area contributed by atoms with Crippen LogP contribution in [0.2, 0.25) is 0 Å². The van der Waals surface area contributed by atoms with Crippen molar-refractivity contribution in [1.82, 2.24) is 15.3 Å². The predicted octanol–water partition coefficient (Wildman–Crippen LogP) is 6.40. The van der Waals surface area contributed by atoms with E-state index in [2.05, 4.69) is 15.3 Å². The minimum Gasteiger partial charge on any atom is -0.478 e. The van der Waals surface area contributed by atoms with Gasteiger partial charge in [-0.1, -0.05) is 54.6 Å². The van der Waals surface area contributed by atoms with Crippen molar-refractivity contribution in [3.05, 3.63) is 113 Å². The second kappa shape index (κ2) is 12.0. The lowest BCUT2D eigenvalue weighted by molar-refractivity contribution is 0.0695. The van der Waals surface area contributed by atoms with Crippen LogP contribution in [0, 0.1) is 24.0 Å². The number of H-pyrrole nitrogens is 1. The van der Waals surface area contributed by atoms with Gasteiger partial charge in [-0.25, -0.2) is 13.6 Å². The van der Waals surface area contributed by atoms with Gasteiger partial charge in [-0.05, 0) is 59.1 Å². The smallest absolute Gasteiger partial charge is 0.336 e. The third-order valence-electron chi connectivity index (χ3n) is 6.66. The standard InChI is InChI=1S/C32H27F2N5O3/c1-18-2-11-23(16-24(18)31(40)41)42-32-38-27-17-25(33)28(29(34)30(27)39-32)22-9-5-20(6-10-22)19-3-7-21(8-4-19)26(36)12-14-37-15-13-35/h2-12,14,16-17,36-37H,13,15,35H2,1H3,(H,38,39)(H,40,41)/b14-12-,36-26?.